The second-order valence-electron chi connectivity index (χ2n) is 7.72. The van der Waals surface area contributed by atoms with Crippen LogP contribution in [-0.4, -0.2) is 45.4 Å². The van der Waals surface area contributed by atoms with Crippen LogP contribution in [0, 0.1) is 0 Å². The molecule has 4 rings (SSSR count). The van der Waals surface area contributed by atoms with E-state index < -0.39 is 0 Å². The van der Waals surface area contributed by atoms with Crippen molar-refractivity contribution in [3.05, 3.63) is 72.4 Å². The number of thioether (sulfide) groups is 1. The second kappa shape index (κ2) is 10.6. The fraction of sp³-hybridized carbons (Fsp3) is 0.360. The number of carbonyl (C=O) groups excluding carboxylic acids is 1. The molecule has 1 amide bonds. The molecule has 0 saturated carbocycles. The monoisotopic (exact) mass is 435 g/mol. The minimum Gasteiger partial charge on any atom is -0.376 e. The number of hydrogen-bond acceptors (Lipinski definition) is 4. The minimum absolute atomic E-state index is 0.129. The summed E-state index contributed by atoms with van der Waals surface area (Å²) in [7, 11) is 0. The van der Waals surface area contributed by atoms with Crippen molar-refractivity contribution in [2.45, 2.75) is 44.1 Å². The van der Waals surface area contributed by atoms with Gasteiger partial charge in [0.15, 0.2) is 5.16 Å². The Labute approximate surface area is 188 Å². The van der Waals surface area contributed by atoms with Crippen LogP contribution in [0.5, 0.6) is 0 Å². The van der Waals surface area contributed by atoms with Gasteiger partial charge in [-0.3, -0.25) is 4.79 Å². The normalized spacial score (nSPS) is 15.8. The van der Waals surface area contributed by atoms with Gasteiger partial charge in [0.2, 0.25) is 5.91 Å². The average Bonchev–Trinajstić information content (AvgIpc) is 3.47. The molecule has 0 N–H and O–H groups in total. The van der Waals surface area contributed by atoms with Crippen LogP contribution >= 0.6 is 11.8 Å². The first-order valence-electron chi connectivity index (χ1n) is 10.9. The number of rotatable bonds is 9. The fourth-order valence-corrected chi connectivity index (χ4v) is 4.77. The molecule has 6 heteroatoms. The maximum Gasteiger partial charge on any atom is 0.233 e. The van der Waals surface area contributed by atoms with Crippen LogP contribution in [-0.2, 0) is 22.6 Å². The van der Waals surface area contributed by atoms with Gasteiger partial charge < -0.3 is 14.2 Å². The van der Waals surface area contributed by atoms with E-state index in [9.17, 15) is 4.79 Å². The van der Waals surface area contributed by atoms with E-state index >= 15 is 0 Å². The summed E-state index contributed by atoms with van der Waals surface area (Å²) >= 11 is 1.51. The third kappa shape index (κ3) is 5.57. The maximum atomic E-state index is 12.9. The van der Waals surface area contributed by atoms with Crippen LogP contribution in [0.3, 0.4) is 0 Å². The lowest BCUT2D eigenvalue weighted by Crippen LogP contribution is -2.31. The highest BCUT2D eigenvalue weighted by atomic mass is 32.2. The van der Waals surface area contributed by atoms with Crippen molar-refractivity contribution in [1.29, 1.82) is 0 Å². The Balaban J connectivity index is 1.48. The van der Waals surface area contributed by atoms with Crippen LogP contribution < -0.4 is 0 Å². The number of nitrogens with zero attached hydrogens (tertiary/aromatic N) is 3. The highest BCUT2D eigenvalue weighted by molar-refractivity contribution is 7.99. The number of amides is 1. The summed E-state index contributed by atoms with van der Waals surface area (Å²) in [5.74, 6) is 0.501. The quantitative estimate of drug-likeness (QED) is 0.450. The third-order valence-corrected chi connectivity index (χ3v) is 6.55. The van der Waals surface area contributed by atoms with Crippen LogP contribution in [0.2, 0.25) is 0 Å². The number of imidazole rings is 1. The molecule has 2 heterocycles. The highest BCUT2D eigenvalue weighted by Gasteiger charge is 2.22. The molecule has 0 radical (unpaired) electrons. The summed E-state index contributed by atoms with van der Waals surface area (Å²) in [6.45, 7) is 4.94. The van der Waals surface area contributed by atoms with E-state index in [0.29, 0.717) is 18.8 Å². The molecule has 1 aliphatic rings. The first kappa shape index (κ1) is 21.7. The van der Waals surface area contributed by atoms with Gasteiger partial charge in [-0.25, -0.2) is 4.98 Å². The van der Waals surface area contributed by atoms with E-state index in [0.717, 1.165) is 48.0 Å². The molecule has 1 saturated heterocycles. The SMILES string of the molecule is CCN(Cc1ccccc1)C(=O)CSc1ncc(-c2ccccc2)n1CC1CCCO1. The summed E-state index contributed by atoms with van der Waals surface area (Å²) in [6, 6.07) is 20.4. The standard InChI is InChI=1S/C25H29N3O2S/c1-2-27(17-20-10-5-3-6-11-20)24(29)19-31-25-26-16-23(21-12-7-4-8-13-21)28(25)18-22-14-9-15-30-22/h3-8,10-13,16,22H,2,9,14-15,17-19H2,1H3. The van der Waals surface area contributed by atoms with Gasteiger partial charge in [-0.1, -0.05) is 72.4 Å². The summed E-state index contributed by atoms with van der Waals surface area (Å²) in [4.78, 5) is 19.5. The van der Waals surface area contributed by atoms with Crippen LogP contribution in [0.4, 0.5) is 0 Å². The van der Waals surface area contributed by atoms with Crippen LogP contribution in [0.15, 0.2) is 72.0 Å². The van der Waals surface area contributed by atoms with Crippen molar-refractivity contribution < 1.29 is 9.53 Å². The predicted molar refractivity (Wildman–Crippen MR) is 125 cm³/mol. The Bertz CT molecular complexity index is 969. The molecule has 0 aliphatic carbocycles. The van der Waals surface area contributed by atoms with Gasteiger partial charge in [0, 0.05) is 19.7 Å². The molecular weight excluding hydrogens is 406 g/mol. The van der Waals surface area contributed by atoms with Crippen molar-refractivity contribution in [1.82, 2.24) is 14.5 Å². The van der Waals surface area contributed by atoms with E-state index in [1.54, 1.807) is 0 Å². The van der Waals surface area contributed by atoms with Gasteiger partial charge in [-0.15, -0.1) is 0 Å². The van der Waals surface area contributed by atoms with Crippen LogP contribution in [0.1, 0.15) is 25.3 Å². The van der Waals surface area contributed by atoms with Crippen molar-refractivity contribution in [2.75, 3.05) is 18.9 Å². The average molecular weight is 436 g/mol. The number of aromatic nitrogens is 2. The molecule has 1 atom stereocenters. The Morgan fingerprint density at radius 3 is 2.58 bits per heavy atom. The smallest absolute Gasteiger partial charge is 0.233 e. The van der Waals surface area contributed by atoms with E-state index in [4.69, 9.17) is 4.74 Å². The van der Waals surface area contributed by atoms with Crippen molar-refractivity contribution in [2.24, 2.45) is 0 Å². The number of benzene rings is 2. The molecule has 3 aromatic rings. The number of carbonyl (C=O) groups is 1. The largest absolute Gasteiger partial charge is 0.376 e. The first-order valence-corrected chi connectivity index (χ1v) is 11.9. The molecule has 162 valence electrons. The predicted octanol–water partition coefficient (Wildman–Crippen LogP) is 4.87. The summed E-state index contributed by atoms with van der Waals surface area (Å²) in [6.07, 6.45) is 4.29. The molecule has 0 bridgehead atoms. The first-order chi connectivity index (χ1) is 15.2. The van der Waals surface area contributed by atoms with E-state index in [-0.39, 0.29) is 12.0 Å². The molecular formula is C25H29N3O2S. The fourth-order valence-electron chi connectivity index (χ4n) is 3.88. The van der Waals surface area contributed by atoms with Gasteiger partial charge >= 0.3 is 0 Å². The zero-order valence-corrected chi connectivity index (χ0v) is 18.8. The molecule has 2 aromatic carbocycles. The lowest BCUT2D eigenvalue weighted by molar-refractivity contribution is -0.128. The van der Waals surface area contributed by atoms with Gasteiger partial charge in [0.1, 0.15) is 0 Å². The van der Waals surface area contributed by atoms with Crippen molar-refractivity contribution in [3.63, 3.8) is 0 Å². The van der Waals surface area contributed by atoms with Crippen molar-refractivity contribution >= 4 is 17.7 Å². The Kier molecular flexibility index (Phi) is 7.43. The lowest BCUT2D eigenvalue weighted by atomic mass is 10.1. The minimum atomic E-state index is 0.129. The summed E-state index contributed by atoms with van der Waals surface area (Å²) in [5.41, 5.74) is 3.35. The third-order valence-electron chi connectivity index (χ3n) is 5.57. The van der Waals surface area contributed by atoms with Gasteiger partial charge in [-0.2, -0.15) is 0 Å². The molecule has 0 spiro atoms. The molecule has 1 aliphatic heterocycles. The summed E-state index contributed by atoms with van der Waals surface area (Å²) in [5, 5.41) is 0.874. The maximum absolute atomic E-state index is 12.9. The van der Waals surface area contributed by atoms with E-state index in [1.165, 1.54) is 11.8 Å². The highest BCUT2D eigenvalue weighted by Crippen LogP contribution is 2.28. The molecule has 5 nitrogen and oxygen atoms in total. The van der Waals surface area contributed by atoms with Gasteiger partial charge in [0.25, 0.3) is 0 Å². The molecule has 1 fully saturated rings. The molecule has 1 unspecified atom stereocenters. The zero-order chi connectivity index (χ0) is 21.5. The molecule has 31 heavy (non-hydrogen) atoms. The summed E-state index contributed by atoms with van der Waals surface area (Å²) < 4.78 is 8.11. The van der Waals surface area contributed by atoms with Crippen LogP contribution in [0.25, 0.3) is 11.3 Å². The lowest BCUT2D eigenvalue weighted by Gasteiger charge is -2.21. The Morgan fingerprint density at radius 1 is 1.16 bits per heavy atom. The topological polar surface area (TPSA) is 47.4 Å². The Hall–Kier alpha value is -2.57. The van der Waals surface area contributed by atoms with E-state index in [2.05, 4.69) is 33.8 Å². The molecule has 1 aromatic heterocycles. The van der Waals surface area contributed by atoms with Gasteiger partial charge in [0.05, 0.1) is 30.3 Å². The zero-order valence-electron chi connectivity index (χ0n) is 17.9. The Morgan fingerprint density at radius 2 is 1.90 bits per heavy atom. The van der Waals surface area contributed by atoms with Gasteiger partial charge in [-0.05, 0) is 30.9 Å². The van der Waals surface area contributed by atoms with Crippen molar-refractivity contribution in [3.8, 4) is 11.3 Å². The number of ether oxygens (including phenoxy) is 1. The second-order valence-corrected chi connectivity index (χ2v) is 8.66. The number of hydrogen-bond donors (Lipinski definition) is 0. The van der Waals surface area contributed by atoms with E-state index in [1.807, 2.05) is 54.4 Å².